The molecule has 0 aliphatic carbocycles. The standard InChI is InChI=1S/C4H2I3NO2/c5-1-2(9)8-3(10)4(1,6)7/h1H,(H,8,9,10). The molecule has 1 fully saturated rings. The minimum atomic E-state index is -0.590. The SMILES string of the molecule is O=C1NC(=O)C(I)(I)C1I. The van der Waals surface area contributed by atoms with Crippen LogP contribution in [-0.4, -0.2) is 17.2 Å². The van der Waals surface area contributed by atoms with Crippen LogP contribution in [0.2, 0.25) is 0 Å². The van der Waals surface area contributed by atoms with Gasteiger partial charge in [0.05, 0.1) is 0 Å². The predicted molar refractivity (Wildman–Crippen MR) is 61.7 cm³/mol. The maximum absolute atomic E-state index is 11.0. The van der Waals surface area contributed by atoms with Crippen LogP contribution in [0.3, 0.4) is 0 Å². The lowest BCUT2D eigenvalue weighted by Crippen LogP contribution is -2.28. The maximum atomic E-state index is 11.0. The third-order valence-electron chi connectivity index (χ3n) is 1.09. The number of alkyl halides is 3. The van der Waals surface area contributed by atoms with Crippen LogP contribution in [0.1, 0.15) is 0 Å². The van der Waals surface area contributed by atoms with Crippen molar-refractivity contribution in [3.05, 3.63) is 0 Å². The number of nitrogens with one attached hydrogen (secondary N) is 1. The first-order valence-electron chi connectivity index (χ1n) is 2.33. The van der Waals surface area contributed by atoms with Gasteiger partial charge in [-0.15, -0.1) is 0 Å². The summed E-state index contributed by atoms with van der Waals surface area (Å²) in [5.74, 6) is -0.382. The van der Waals surface area contributed by atoms with Gasteiger partial charge in [0.1, 0.15) is 3.92 Å². The molecular weight excluding hydrogens is 475 g/mol. The molecule has 6 heteroatoms. The molecule has 1 rings (SSSR count). The highest BCUT2D eigenvalue weighted by atomic mass is 127. The summed E-state index contributed by atoms with van der Waals surface area (Å²) >= 11 is 5.93. The molecule has 10 heavy (non-hydrogen) atoms. The number of rotatable bonds is 0. The largest absolute Gasteiger partial charge is 0.294 e. The molecule has 1 heterocycles. The monoisotopic (exact) mass is 477 g/mol. The van der Waals surface area contributed by atoms with Crippen molar-refractivity contribution in [2.45, 2.75) is 5.35 Å². The first-order chi connectivity index (χ1) is 4.46. The highest BCUT2D eigenvalue weighted by molar-refractivity contribution is 14.2. The van der Waals surface area contributed by atoms with Gasteiger partial charge in [0.25, 0.3) is 5.91 Å². The molecule has 1 unspecified atom stereocenters. The molecule has 0 aromatic rings. The van der Waals surface area contributed by atoms with E-state index < -0.39 is 1.43 Å². The van der Waals surface area contributed by atoms with Crippen molar-refractivity contribution in [1.29, 1.82) is 0 Å². The summed E-state index contributed by atoms with van der Waals surface area (Å²) in [7, 11) is 0. The van der Waals surface area contributed by atoms with Crippen molar-refractivity contribution in [3.63, 3.8) is 0 Å². The summed E-state index contributed by atoms with van der Waals surface area (Å²) in [5, 5.41) is 2.26. The number of imide groups is 1. The van der Waals surface area contributed by atoms with Gasteiger partial charge in [-0.05, 0) is 0 Å². The van der Waals surface area contributed by atoms with Crippen LogP contribution < -0.4 is 5.32 Å². The van der Waals surface area contributed by atoms with E-state index in [4.69, 9.17) is 0 Å². The zero-order valence-electron chi connectivity index (χ0n) is 4.53. The van der Waals surface area contributed by atoms with Gasteiger partial charge in [0.15, 0.2) is 1.43 Å². The summed E-state index contributed by atoms with van der Waals surface area (Å²) < 4.78 is -0.841. The lowest BCUT2D eigenvalue weighted by atomic mass is 10.4. The molecule has 0 aromatic heterocycles. The Morgan fingerprint density at radius 1 is 1.40 bits per heavy atom. The molecule has 1 aliphatic heterocycles. The van der Waals surface area contributed by atoms with E-state index in [9.17, 15) is 9.59 Å². The van der Waals surface area contributed by atoms with Gasteiger partial charge >= 0.3 is 0 Å². The molecule has 0 spiro atoms. The fourth-order valence-electron chi connectivity index (χ4n) is 0.538. The third-order valence-corrected chi connectivity index (χ3v) is 7.20. The van der Waals surface area contributed by atoms with Crippen molar-refractivity contribution >= 4 is 79.6 Å². The Morgan fingerprint density at radius 2 is 1.90 bits per heavy atom. The zero-order chi connectivity index (χ0) is 7.94. The Morgan fingerprint density at radius 3 is 2.00 bits per heavy atom. The number of carbonyl (C=O) groups excluding carboxylic acids is 2. The van der Waals surface area contributed by atoms with Gasteiger partial charge < -0.3 is 0 Å². The van der Waals surface area contributed by atoms with Gasteiger partial charge in [0.2, 0.25) is 5.91 Å². The number of hydrogen-bond acceptors (Lipinski definition) is 2. The smallest absolute Gasteiger partial charge is 0.254 e. The van der Waals surface area contributed by atoms with Crippen molar-refractivity contribution in [2.24, 2.45) is 0 Å². The first kappa shape index (κ1) is 9.42. The Hall–Kier alpha value is 1.33. The average Bonchev–Trinajstić information content (AvgIpc) is 1.97. The first-order valence-corrected chi connectivity index (χ1v) is 5.73. The molecule has 0 saturated carbocycles. The van der Waals surface area contributed by atoms with Crippen LogP contribution in [0.25, 0.3) is 0 Å². The lowest BCUT2D eigenvalue weighted by molar-refractivity contribution is -0.124. The zero-order valence-corrected chi connectivity index (χ0v) is 11.0. The van der Waals surface area contributed by atoms with Crippen LogP contribution in [0.4, 0.5) is 0 Å². The molecule has 0 aromatic carbocycles. The van der Waals surface area contributed by atoms with Gasteiger partial charge in [-0.3, -0.25) is 14.9 Å². The van der Waals surface area contributed by atoms with E-state index in [0.29, 0.717) is 0 Å². The van der Waals surface area contributed by atoms with E-state index in [1.54, 1.807) is 0 Å². The number of halogens is 3. The fraction of sp³-hybridized carbons (Fsp3) is 0.500. The average molecular weight is 477 g/mol. The van der Waals surface area contributed by atoms with Crippen LogP contribution in [-0.2, 0) is 9.59 Å². The summed E-state index contributed by atoms with van der Waals surface area (Å²) in [6.07, 6.45) is 0. The maximum Gasteiger partial charge on any atom is 0.254 e. The predicted octanol–water partition coefficient (Wildman–Crippen LogP) is 1.01. The third kappa shape index (κ3) is 1.42. The van der Waals surface area contributed by atoms with Gasteiger partial charge in [-0.1, -0.05) is 67.8 Å². The van der Waals surface area contributed by atoms with E-state index in [-0.39, 0.29) is 15.7 Å². The Labute approximate surface area is 98.5 Å². The molecule has 2 amide bonds. The van der Waals surface area contributed by atoms with Crippen molar-refractivity contribution in [2.75, 3.05) is 0 Å². The molecular formula is C4H2I3NO2. The van der Waals surface area contributed by atoms with E-state index in [2.05, 4.69) is 5.32 Å². The minimum absolute atomic E-state index is 0.186. The molecule has 0 radical (unpaired) electrons. The van der Waals surface area contributed by atoms with Crippen molar-refractivity contribution in [1.82, 2.24) is 5.32 Å². The normalized spacial score (nSPS) is 30.5. The molecule has 3 nitrogen and oxygen atoms in total. The van der Waals surface area contributed by atoms with E-state index in [1.165, 1.54) is 0 Å². The molecule has 1 N–H and O–H groups in total. The molecule has 1 atom stereocenters. The second-order valence-corrected chi connectivity index (χ2v) is 8.52. The van der Waals surface area contributed by atoms with Crippen LogP contribution in [0.15, 0.2) is 0 Å². The Balaban J connectivity index is 2.96. The molecule has 1 saturated heterocycles. The summed E-state index contributed by atoms with van der Waals surface area (Å²) in [6.45, 7) is 0. The van der Waals surface area contributed by atoms with Crippen LogP contribution in [0.5, 0.6) is 0 Å². The summed E-state index contributed by atoms with van der Waals surface area (Å²) in [6, 6.07) is 0. The summed E-state index contributed by atoms with van der Waals surface area (Å²) in [5.41, 5.74) is 0. The van der Waals surface area contributed by atoms with E-state index >= 15 is 0 Å². The van der Waals surface area contributed by atoms with Crippen LogP contribution >= 0.6 is 67.8 Å². The lowest BCUT2D eigenvalue weighted by Gasteiger charge is -2.10. The quantitative estimate of drug-likeness (QED) is 0.322. The van der Waals surface area contributed by atoms with Gasteiger partial charge in [-0.2, -0.15) is 0 Å². The van der Waals surface area contributed by atoms with E-state index in [0.717, 1.165) is 0 Å². The molecule has 56 valence electrons. The second-order valence-electron chi connectivity index (χ2n) is 1.80. The van der Waals surface area contributed by atoms with Gasteiger partial charge in [-0.25, -0.2) is 0 Å². The number of amides is 2. The van der Waals surface area contributed by atoms with Crippen molar-refractivity contribution in [3.8, 4) is 0 Å². The highest BCUT2D eigenvalue weighted by Crippen LogP contribution is 2.39. The van der Waals surface area contributed by atoms with Gasteiger partial charge in [0, 0.05) is 0 Å². The number of hydrogen-bond donors (Lipinski definition) is 1. The molecule has 1 aliphatic rings. The Kier molecular flexibility index (Phi) is 2.82. The highest BCUT2D eigenvalue weighted by Gasteiger charge is 2.50. The number of carbonyl (C=O) groups is 2. The topological polar surface area (TPSA) is 46.2 Å². The summed E-state index contributed by atoms with van der Waals surface area (Å²) in [4.78, 5) is 21.8. The van der Waals surface area contributed by atoms with Crippen molar-refractivity contribution < 1.29 is 9.59 Å². The Bertz CT molecular complexity index is 203. The minimum Gasteiger partial charge on any atom is -0.294 e. The van der Waals surface area contributed by atoms with Crippen LogP contribution in [0, 0.1) is 0 Å². The van der Waals surface area contributed by atoms with E-state index in [1.807, 2.05) is 67.8 Å². The molecule has 0 bridgehead atoms. The second kappa shape index (κ2) is 2.99. The fourth-order valence-corrected chi connectivity index (χ4v) is 1.81.